The van der Waals surface area contributed by atoms with Crippen LogP contribution in [-0.2, 0) is 13.6 Å². The predicted molar refractivity (Wildman–Crippen MR) is 80.9 cm³/mol. The molecule has 1 aromatic carbocycles. The molecule has 0 spiro atoms. The zero-order valence-corrected chi connectivity index (χ0v) is 12.7. The van der Waals surface area contributed by atoms with Gasteiger partial charge in [-0.1, -0.05) is 11.6 Å². The zero-order valence-electron chi connectivity index (χ0n) is 12.0. The summed E-state index contributed by atoms with van der Waals surface area (Å²) in [7, 11) is 1.89. The van der Waals surface area contributed by atoms with Crippen LogP contribution in [0.1, 0.15) is 17.0 Å². The van der Waals surface area contributed by atoms with Gasteiger partial charge in [0.05, 0.1) is 28.3 Å². The van der Waals surface area contributed by atoms with Crippen molar-refractivity contribution in [1.29, 1.82) is 0 Å². The maximum atomic E-state index is 13.7. The van der Waals surface area contributed by atoms with Crippen LogP contribution in [0.25, 0.3) is 11.0 Å². The number of aryl methyl sites for hydroxylation is 2. The van der Waals surface area contributed by atoms with E-state index in [1.807, 2.05) is 25.6 Å². The first-order chi connectivity index (χ1) is 9.88. The molecule has 21 heavy (non-hydrogen) atoms. The molecule has 5 nitrogen and oxygen atoms in total. The second kappa shape index (κ2) is 4.73. The van der Waals surface area contributed by atoms with E-state index in [4.69, 9.17) is 17.3 Å². The fourth-order valence-electron chi connectivity index (χ4n) is 2.51. The molecular formula is C14H15ClFN5. The van der Waals surface area contributed by atoms with Gasteiger partial charge in [0.2, 0.25) is 5.95 Å². The van der Waals surface area contributed by atoms with Gasteiger partial charge < -0.3 is 10.3 Å². The molecule has 2 heterocycles. The molecule has 110 valence electrons. The van der Waals surface area contributed by atoms with Gasteiger partial charge in [0, 0.05) is 24.4 Å². The summed E-state index contributed by atoms with van der Waals surface area (Å²) in [6, 6.07) is 2.85. The van der Waals surface area contributed by atoms with Crippen molar-refractivity contribution in [2.24, 2.45) is 7.05 Å². The zero-order chi connectivity index (χ0) is 15.3. The molecule has 0 saturated carbocycles. The van der Waals surface area contributed by atoms with Crippen LogP contribution in [0.3, 0.4) is 0 Å². The molecule has 0 aliphatic heterocycles. The minimum Gasteiger partial charge on any atom is -0.369 e. The van der Waals surface area contributed by atoms with E-state index in [1.165, 1.54) is 12.1 Å². The van der Waals surface area contributed by atoms with E-state index in [-0.39, 0.29) is 5.02 Å². The molecule has 2 aromatic heterocycles. The van der Waals surface area contributed by atoms with E-state index >= 15 is 0 Å². The van der Waals surface area contributed by atoms with Gasteiger partial charge in [0.15, 0.2) is 0 Å². The Morgan fingerprint density at radius 2 is 2.05 bits per heavy atom. The summed E-state index contributed by atoms with van der Waals surface area (Å²) in [4.78, 5) is 4.24. The quantitative estimate of drug-likeness (QED) is 0.792. The Kier molecular flexibility index (Phi) is 3.13. The number of nitrogens with two attached hydrogens (primary N) is 1. The number of fused-ring (bicyclic) bond motifs is 1. The number of aromatic nitrogens is 4. The summed E-state index contributed by atoms with van der Waals surface area (Å²) in [5, 5.41) is 4.42. The summed E-state index contributed by atoms with van der Waals surface area (Å²) >= 11 is 5.78. The molecule has 3 aromatic rings. The number of imidazole rings is 1. The number of nitrogen functional groups attached to an aromatic ring is 1. The number of nitrogens with zero attached hydrogens (tertiary/aromatic N) is 4. The first-order valence-electron chi connectivity index (χ1n) is 6.48. The third-order valence-corrected chi connectivity index (χ3v) is 4.08. The van der Waals surface area contributed by atoms with Crippen molar-refractivity contribution in [3.05, 3.63) is 39.9 Å². The molecule has 0 unspecified atom stereocenters. The van der Waals surface area contributed by atoms with Crippen molar-refractivity contribution in [2.75, 3.05) is 5.73 Å². The molecule has 3 rings (SSSR count). The van der Waals surface area contributed by atoms with Crippen LogP contribution in [0.2, 0.25) is 5.02 Å². The highest BCUT2D eigenvalue weighted by Crippen LogP contribution is 2.26. The lowest BCUT2D eigenvalue weighted by molar-refractivity contribution is 0.629. The summed E-state index contributed by atoms with van der Waals surface area (Å²) in [5.74, 6) is -0.153. The van der Waals surface area contributed by atoms with E-state index in [0.29, 0.717) is 23.5 Å². The summed E-state index contributed by atoms with van der Waals surface area (Å²) < 4.78 is 17.3. The highest BCUT2D eigenvalue weighted by Gasteiger charge is 2.16. The lowest BCUT2D eigenvalue weighted by Gasteiger charge is -2.07. The Morgan fingerprint density at radius 1 is 1.33 bits per heavy atom. The van der Waals surface area contributed by atoms with Crippen LogP contribution in [-0.4, -0.2) is 19.3 Å². The van der Waals surface area contributed by atoms with Crippen LogP contribution in [0, 0.1) is 19.7 Å². The molecule has 0 radical (unpaired) electrons. The second-order valence-electron chi connectivity index (χ2n) is 5.08. The fraction of sp³-hybridized carbons (Fsp3) is 0.286. The van der Waals surface area contributed by atoms with Gasteiger partial charge in [0.25, 0.3) is 0 Å². The number of halogens is 2. The van der Waals surface area contributed by atoms with Crippen LogP contribution < -0.4 is 5.73 Å². The number of rotatable bonds is 2. The molecule has 0 atom stereocenters. The summed E-state index contributed by atoms with van der Waals surface area (Å²) in [6.07, 6.45) is 0. The van der Waals surface area contributed by atoms with Crippen molar-refractivity contribution >= 4 is 28.6 Å². The minimum atomic E-state index is -0.482. The Balaban J connectivity index is 2.16. The Bertz CT molecular complexity index is 849. The number of hydrogen-bond acceptors (Lipinski definition) is 3. The monoisotopic (exact) mass is 307 g/mol. The lowest BCUT2D eigenvalue weighted by atomic mass is 10.2. The van der Waals surface area contributed by atoms with Gasteiger partial charge >= 0.3 is 0 Å². The average Bonchev–Trinajstić information content (AvgIpc) is 2.83. The third-order valence-electron chi connectivity index (χ3n) is 3.79. The highest BCUT2D eigenvalue weighted by atomic mass is 35.5. The number of anilines is 1. The molecule has 0 fully saturated rings. The molecule has 0 bridgehead atoms. The third kappa shape index (κ3) is 2.15. The maximum Gasteiger partial charge on any atom is 0.201 e. The van der Waals surface area contributed by atoms with Crippen LogP contribution in [0.4, 0.5) is 10.3 Å². The largest absolute Gasteiger partial charge is 0.369 e. The van der Waals surface area contributed by atoms with E-state index < -0.39 is 5.82 Å². The first kappa shape index (κ1) is 13.9. The molecule has 2 N–H and O–H groups in total. The van der Waals surface area contributed by atoms with Crippen molar-refractivity contribution in [3.63, 3.8) is 0 Å². The van der Waals surface area contributed by atoms with E-state index in [9.17, 15) is 4.39 Å². The van der Waals surface area contributed by atoms with Gasteiger partial charge in [0.1, 0.15) is 5.82 Å². The molecule has 0 saturated heterocycles. The normalized spacial score (nSPS) is 11.5. The predicted octanol–water partition coefficient (Wildman–Crippen LogP) is 2.81. The van der Waals surface area contributed by atoms with Gasteiger partial charge in [-0.2, -0.15) is 5.10 Å². The number of hydrogen-bond donors (Lipinski definition) is 1. The Labute approximate surface area is 126 Å². The van der Waals surface area contributed by atoms with Gasteiger partial charge in [-0.15, -0.1) is 0 Å². The van der Waals surface area contributed by atoms with Crippen molar-refractivity contribution in [2.45, 2.75) is 20.4 Å². The lowest BCUT2D eigenvalue weighted by Crippen LogP contribution is -2.06. The standard InChI is InChI=1S/C14H15ClFN5/c1-7-9(8(2)20(3)19-7)6-21-13-5-11(16)10(15)4-12(13)18-14(21)17/h4-5H,6H2,1-3H3,(H2,17,18). The molecule has 0 aliphatic rings. The molecule has 0 aliphatic carbocycles. The number of benzene rings is 1. The van der Waals surface area contributed by atoms with E-state index in [2.05, 4.69) is 10.1 Å². The average molecular weight is 308 g/mol. The SMILES string of the molecule is Cc1nn(C)c(C)c1Cn1c(N)nc2cc(Cl)c(F)cc21. The van der Waals surface area contributed by atoms with Gasteiger partial charge in [-0.25, -0.2) is 9.37 Å². The first-order valence-corrected chi connectivity index (χ1v) is 6.86. The molecule has 0 amide bonds. The smallest absolute Gasteiger partial charge is 0.201 e. The van der Waals surface area contributed by atoms with Gasteiger partial charge in [-0.3, -0.25) is 4.68 Å². The summed E-state index contributed by atoms with van der Waals surface area (Å²) in [6.45, 7) is 4.42. The van der Waals surface area contributed by atoms with E-state index in [1.54, 1.807) is 4.57 Å². The Morgan fingerprint density at radius 3 is 2.67 bits per heavy atom. The van der Waals surface area contributed by atoms with Crippen LogP contribution in [0.15, 0.2) is 12.1 Å². The fourth-order valence-corrected chi connectivity index (χ4v) is 2.67. The van der Waals surface area contributed by atoms with Crippen molar-refractivity contribution in [3.8, 4) is 0 Å². The maximum absolute atomic E-state index is 13.7. The molecule has 7 heteroatoms. The molecular weight excluding hydrogens is 293 g/mol. The minimum absolute atomic E-state index is 0.0425. The Hall–Kier alpha value is -2.08. The van der Waals surface area contributed by atoms with Crippen LogP contribution >= 0.6 is 11.6 Å². The van der Waals surface area contributed by atoms with Crippen LogP contribution in [0.5, 0.6) is 0 Å². The van der Waals surface area contributed by atoms with E-state index in [0.717, 1.165) is 17.0 Å². The second-order valence-corrected chi connectivity index (χ2v) is 5.49. The van der Waals surface area contributed by atoms with Crippen molar-refractivity contribution < 1.29 is 4.39 Å². The summed E-state index contributed by atoms with van der Waals surface area (Å²) in [5.41, 5.74) is 10.2. The highest BCUT2D eigenvalue weighted by molar-refractivity contribution is 6.31. The van der Waals surface area contributed by atoms with Gasteiger partial charge in [-0.05, 0) is 19.9 Å². The topological polar surface area (TPSA) is 61.7 Å². The van der Waals surface area contributed by atoms with Crippen molar-refractivity contribution in [1.82, 2.24) is 19.3 Å².